The van der Waals surface area contributed by atoms with Crippen molar-refractivity contribution in [3.8, 4) is 5.75 Å². The number of para-hydroxylation sites is 1. The van der Waals surface area contributed by atoms with E-state index in [1.54, 1.807) is 19.1 Å². The van der Waals surface area contributed by atoms with Gasteiger partial charge in [0.25, 0.3) is 0 Å². The first-order valence-corrected chi connectivity index (χ1v) is 18.6. The van der Waals surface area contributed by atoms with Crippen LogP contribution in [0.15, 0.2) is 54.6 Å². The predicted octanol–water partition coefficient (Wildman–Crippen LogP) is 5.59. The van der Waals surface area contributed by atoms with Gasteiger partial charge in [0.1, 0.15) is 36.9 Å². The second-order valence-corrected chi connectivity index (χ2v) is 13.8. The first-order chi connectivity index (χ1) is 25.5. The molecule has 3 N–H and O–H groups in total. The lowest BCUT2D eigenvalue weighted by Crippen LogP contribution is -2.54. The summed E-state index contributed by atoms with van der Waals surface area (Å²) in [6.07, 6.45) is 0.924. The van der Waals surface area contributed by atoms with Gasteiger partial charge in [-0.15, -0.1) is 0 Å². The molecule has 292 valence electrons. The molecule has 1 spiro atoms. The van der Waals surface area contributed by atoms with Crippen molar-refractivity contribution in [3.63, 3.8) is 0 Å². The van der Waals surface area contributed by atoms with Crippen LogP contribution in [0.4, 0.5) is 14.0 Å². The van der Waals surface area contributed by atoms with Crippen LogP contribution in [0.25, 0.3) is 0 Å². The summed E-state index contributed by atoms with van der Waals surface area (Å²) >= 11 is 0. The normalized spacial score (nSPS) is 21.6. The molecule has 2 heterocycles. The Bertz CT molecular complexity index is 1450. The summed E-state index contributed by atoms with van der Waals surface area (Å²) in [7, 11) is 0. The van der Waals surface area contributed by atoms with Gasteiger partial charge in [-0.05, 0) is 74.8 Å². The van der Waals surface area contributed by atoms with E-state index in [1.807, 2.05) is 44.2 Å². The topological polar surface area (TPSA) is 160 Å². The molecule has 5 atom stereocenters. The van der Waals surface area contributed by atoms with Crippen LogP contribution in [0.5, 0.6) is 5.75 Å². The zero-order chi connectivity index (χ0) is 38.1. The fourth-order valence-corrected chi connectivity index (χ4v) is 6.46. The van der Waals surface area contributed by atoms with Crippen molar-refractivity contribution >= 4 is 24.1 Å². The number of benzene rings is 2. The van der Waals surface area contributed by atoms with Gasteiger partial charge < -0.3 is 44.4 Å². The minimum atomic E-state index is -1.13. The maximum absolute atomic E-state index is 13.3. The lowest BCUT2D eigenvalue weighted by molar-refractivity contribution is -0.329. The van der Waals surface area contributed by atoms with E-state index in [-0.39, 0.29) is 69.8 Å². The Hall–Kier alpha value is -4.43. The molecule has 0 aromatic heterocycles. The van der Waals surface area contributed by atoms with Crippen molar-refractivity contribution in [2.45, 2.75) is 109 Å². The average Bonchev–Trinajstić information content (AvgIpc) is 3.12. The van der Waals surface area contributed by atoms with E-state index in [2.05, 4.69) is 16.0 Å². The summed E-state index contributed by atoms with van der Waals surface area (Å²) in [5.74, 6) is -1.39. The van der Waals surface area contributed by atoms with Gasteiger partial charge in [0.05, 0.1) is 25.4 Å². The standard InChI is InChI=1S/C39H54FN3O10/c1-4-48-36(45)34(23-27(2)3)43-35(44)17-16-31-24-33(51-38(47)41-20-18-28-12-14-29(40)15-13-28)25-39(52-31)19-8-11-32(53-39)26-50-37(46)42-21-22-49-30-9-6-5-7-10-30/h5-7,9-10,12-15,27,31-34H,4,8,11,16-26H2,1-3H3,(H,41,47)(H,42,46)(H,43,44)/t31-,32-,33-,34+,39+/m1/s1. The third-order valence-electron chi connectivity index (χ3n) is 8.87. The van der Waals surface area contributed by atoms with Gasteiger partial charge in [0.15, 0.2) is 5.79 Å². The number of hydrogen-bond acceptors (Lipinski definition) is 10. The first-order valence-electron chi connectivity index (χ1n) is 18.6. The second-order valence-electron chi connectivity index (χ2n) is 13.8. The molecule has 14 heteroatoms. The molecule has 2 aliphatic rings. The van der Waals surface area contributed by atoms with Crippen LogP contribution in [0.2, 0.25) is 0 Å². The Morgan fingerprint density at radius 2 is 1.68 bits per heavy atom. The Kier molecular flexibility index (Phi) is 16.6. The summed E-state index contributed by atoms with van der Waals surface area (Å²) in [5, 5.41) is 8.24. The van der Waals surface area contributed by atoms with Crippen LogP contribution in [0.1, 0.15) is 77.7 Å². The maximum Gasteiger partial charge on any atom is 0.407 e. The van der Waals surface area contributed by atoms with Gasteiger partial charge in [-0.2, -0.15) is 0 Å². The van der Waals surface area contributed by atoms with Gasteiger partial charge in [0.2, 0.25) is 5.91 Å². The molecule has 0 aliphatic carbocycles. The summed E-state index contributed by atoms with van der Waals surface area (Å²) < 4.78 is 48.3. The van der Waals surface area contributed by atoms with Crippen LogP contribution in [-0.4, -0.2) is 87.1 Å². The number of nitrogens with one attached hydrogen (secondary N) is 3. The van der Waals surface area contributed by atoms with E-state index in [9.17, 15) is 23.6 Å². The molecule has 2 saturated heterocycles. The molecule has 3 amide bonds. The number of carbonyl (C=O) groups is 4. The van der Waals surface area contributed by atoms with Crippen molar-refractivity contribution in [1.82, 2.24) is 16.0 Å². The van der Waals surface area contributed by atoms with Gasteiger partial charge in [-0.3, -0.25) is 4.79 Å². The quantitative estimate of drug-likeness (QED) is 0.0999. The highest BCUT2D eigenvalue weighted by atomic mass is 19.1. The van der Waals surface area contributed by atoms with E-state index in [4.69, 9.17) is 28.4 Å². The molecule has 53 heavy (non-hydrogen) atoms. The van der Waals surface area contributed by atoms with E-state index >= 15 is 0 Å². The molecular formula is C39H54FN3O10. The van der Waals surface area contributed by atoms with Crippen LogP contribution >= 0.6 is 0 Å². The van der Waals surface area contributed by atoms with E-state index in [0.717, 1.165) is 5.56 Å². The van der Waals surface area contributed by atoms with E-state index in [1.165, 1.54) is 12.1 Å². The molecule has 2 aromatic rings. The van der Waals surface area contributed by atoms with Crippen molar-refractivity contribution in [1.29, 1.82) is 0 Å². The third kappa shape index (κ3) is 14.8. The summed E-state index contributed by atoms with van der Waals surface area (Å²) in [6, 6.07) is 14.6. The Morgan fingerprint density at radius 1 is 0.943 bits per heavy atom. The minimum Gasteiger partial charge on any atom is -0.492 e. The summed E-state index contributed by atoms with van der Waals surface area (Å²) in [5.41, 5.74) is 0.867. The average molecular weight is 744 g/mol. The lowest BCUT2D eigenvalue weighted by atomic mass is 9.90. The zero-order valence-corrected chi connectivity index (χ0v) is 30.9. The van der Waals surface area contributed by atoms with Gasteiger partial charge in [-0.1, -0.05) is 44.2 Å². The number of esters is 1. The molecule has 0 bridgehead atoms. The SMILES string of the molecule is CCOC(=O)[C@H](CC(C)C)NC(=O)CC[C@@H]1C[C@@H](OC(=O)NCCc2ccc(F)cc2)C[C@@]2(CCC[C@H](COC(=O)NCCOc3ccccc3)O2)O1. The summed E-state index contributed by atoms with van der Waals surface area (Å²) in [4.78, 5) is 50.9. The zero-order valence-electron chi connectivity index (χ0n) is 30.9. The second kappa shape index (κ2) is 21.3. The van der Waals surface area contributed by atoms with Crippen molar-refractivity contribution in [3.05, 3.63) is 66.0 Å². The first kappa shape index (κ1) is 41.3. The van der Waals surface area contributed by atoms with Crippen LogP contribution in [0, 0.1) is 11.7 Å². The number of hydrogen-bond donors (Lipinski definition) is 3. The van der Waals surface area contributed by atoms with Crippen molar-refractivity contribution in [2.24, 2.45) is 5.92 Å². The molecule has 2 aliphatic heterocycles. The molecule has 4 rings (SSSR count). The summed E-state index contributed by atoms with van der Waals surface area (Å²) in [6.45, 7) is 6.66. The highest BCUT2D eigenvalue weighted by Gasteiger charge is 2.47. The lowest BCUT2D eigenvalue weighted by Gasteiger charge is -2.47. The van der Waals surface area contributed by atoms with Crippen molar-refractivity contribution in [2.75, 3.05) is 32.9 Å². The molecule has 13 nitrogen and oxygen atoms in total. The van der Waals surface area contributed by atoms with E-state index in [0.29, 0.717) is 44.3 Å². The Balaban J connectivity index is 1.32. The minimum absolute atomic E-state index is 0.00987. The molecular weight excluding hydrogens is 689 g/mol. The molecule has 0 radical (unpaired) electrons. The fourth-order valence-electron chi connectivity index (χ4n) is 6.46. The maximum atomic E-state index is 13.3. The van der Waals surface area contributed by atoms with Crippen LogP contribution < -0.4 is 20.7 Å². The molecule has 0 saturated carbocycles. The molecule has 0 unspecified atom stereocenters. The number of carbonyl (C=O) groups excluding carboxylic acids is 4. The largest absolute Gasteiger partial charge is 0.492 e. The molecule has 2 fully saturated rings. The number of ether oxygens (including phenoxy) is 6. The fraction of sp³-hybridized carbons (Fsp3) is 0.590. The van der Waals surface area contributed by atoms with Crippen LogP contribution in [0.3, 0.4) is 0 Å². The van der Waals surface area contributed by atoms with Crippen LogP contribution in [-0.2, 0) is 39.7 Å². The number of rotatable bonds is 18. The highest BCUT2D eigenvalue weighted by molar-refractivity contribution is 5.84. The van der Waals surface area contributed by atoms with Gasteiger partial charge in [-0.25, -0.2) is 18.8 Å². The Labute approximate surface area is 310 Å². The molecule has 2 aromatic carbocycles. The monoisotopic (exact) mass is 743 g/mol. The van der Waals surface area contributed by atoms with Crippen molar-refractivity contribution < 1.29 is 52.0 Å². The number of alkyl carbamates (subject to hydrolysis) is 2. The van der Waals surface area contributed by atoms with Gasteiger partial charge >= 0.3 is 18.2 Å². The Morgan fingerprint density at radius 3 is 2.42 bits per heavy atom. The highest BCUT2D eigenvalue weighted by Crippen LogP contribution is 2.41. The number of amides is 3. The predicted molar refractivity (Wildman–Crippen MR) is 192 cm³/mol. The van der Waals surface area contributed by atoms with Gasteiger partial charge in [0, 0.05) is 32.2 Å². The smallest absolute Gasteiger partial charge is 0.407 e. The van der Waals surface area contributed by atoms with E-state index < -0.39 is 48.3 Å². The number of halogens is 1. The third-order valence-corrected chi connectivity index (χ3v) is 8.87.